The molecule has 2 heterocycles. The van der Waals surface area contributed by atoms with Gasteiger partial charge in [0.15, 0.2) is 0 Å². The highest BCUT2D eigenvalue weighted by Crippen LogP contribution is 2.20. The Balaban J connectivity index is 1.57. The van der Waals surface area contributed by atoms with E-state index in [1.807, 2.05) is 0 Å². The van der Waals surface area contributed by atoms with Gasteiger partial charge < -0.3 is 14.8 Å². The van der Waals surface area contributed by atoms with E-state index in [0.29, 0.717) is 12.1 Å². The maximum Gasteiger partial charge on any atom is 0.0700 e. The molecule has 0 bridgehead atoms. The Morgan fingerprint density at radius 1 is 1.19 bits per heavy atom. The summed E-state index contributed by atoms with van der Waals surface area (Å²) in [6, 6.07) is 0.618. The van der Waals surface area contributed by atoms with Crippen LogP contribution in [-0.4, -0.2) is 38.5 Å². The van der Waals surface area contributed by atoms with Crippen LogP contribution in [0, 0.1) is 5.92 Å². The van der Waals surface area contributed by atoms with Crippen LogP contribution in [0.3, 0.4) is 0 Å². The molecule has 1 N–H and O–H groups in total. The average Bonchev–Trinajstić information content (AvgIpc) is 2.81. The van der Waals surface area contributed by atoms with E-state index in [0.717, 1.165) is 32.3 Å². The first-order valence-electron chi connectivity index (χ1n) is 6.77. The van der Waals surface area contributed by atoms with Crippen LogP contribution < -0.4 is 5.32 Å². The Bertz CT molecular complexity index is 186. The molecule has 0 aromatic rings. The molecule has 3 nitrogen and oxygen atoms in total. The summed E-state index contributed by atoms with van der Waals surface area (Å²) >= 11 is 0. The van der Waals surface area contributed by atoms with Crippen LogP contribution in [0.4, 0.5) is 0 Å². The highest BCUT2D eigenvalue weighted by molar-refractivity contribution is 4.74. The minimum Gasteiger partial charge on any atom is -0.381 e. The molecule has 2 aliphatic heterocycles. The normalized spacial score (nSPS) is 29.4. The molecule has 0 aliphatic carbocycles. The first-order valence-corrected chi connectivity index (χ1v) is 6.77. The molecule has 2 atom stereocenters. The second-order valence-electron chi connectivity index (χ2n) is 5.24. The summed E-state index contributed by atoms with van der Waals surface area (Å²) in [7, 11) is 0. The fraction of sp³-hybridized carbons (Fsp3) is 1.00. The number of hydrogen-bond acceptors (Lipinski definition) is 3. The molecule has 2 unspecified atom stereocenters. The van der Waals surface area contributed by atoms with E-state index in [9.17, 15) is 0 Å². The van der Waals surface area contributed by atoms with E-state index in [4.69, 9.17) is 9.47 Å². The third-order valence-corrected chi connectivity index (χ3v) is 3.75. The molecular weight excluding hydrogens is 202 g/mol. The van der Waals surface area contributed by atoms with E-state index < -0.39 is 0 Å². The lowest BCUT2D eigenvalue weighted by Gasteiger charge is -2.26. The van der Waals surface area contributed by atoms with Gasteiger partial charge in [0.05, 0.1) is 6.10 Å². The van der Waals surface area contributed by atoms with Crippen LogP contribution in [0.15, 0.2) is 0 Å². The first-order chi connectivity index (χ1) is 7.84. The molecule has 94 valence electrons. The van der Waals surface area contributed by atoms with Crippen LogP contribution in [0.25, 0.3) is 0 Å². The molecule has 0 aromatic heterocycles. The predicted molar refractivity (Wildman–Crippen MR) is 64.6 cm³/mol. The van der Waals surface area contributed by atoms with Crippen LogP contribution in [0.5, 0.6) is 0 Å². The van der Waals surface area contributed by atoms with Crippen molar-refractivity contribution in [2.24, 2.45) is 5.92 Å². The molecular formula is C13H25NO2. The van der Waals surface area contributed by atoms with Gasteiger partial charge in [-0.2, -0.15) is 0 Å². The van der Waals surface area contributed by atoms with Gasteiger partial charge in [0.2, 0.25) is 0 Å². The molecule has 0 spiro atoms. The van der Waals surface area contributed by atoms with Crippen molar-refractivity contribution in [1.82, 2.24) is 5.32 Å². The van der Waals surface area contributed by atoms with Gasteiger partial charge in [0.25, 0.3) is 0 Å². The van der Waals surface area contributed by atoms with Crippen molar-refractivity contribution >= 4 is 0 Å². The minimum atomic E-state index is 0.470. The van der Waals surface area contributed by atoms with E-state index in [1.54, 1.807) is 0 Å². The highest BCUT2D eigenvalue weighted by atomic mass is 16.5. The van der Waals surface area contributed by atoms with Crippen molar-refractivity contribution in [1.29, 1.82) is 0 Å². The Hall–Kier alpha value is -0.120. The molecule has 2 fully saturated rings. The molecule has 2 rings (SSSR count). The number of rotatable bonds is 5. The lowest BCUT2D eigenvalue weighted by molar-refractivity contribution is 0.0597. The smallest absolute Gasteiger partial charge is 0.0700 e. The Morgan fingerprint density at radius 2 is 2.00 bits per heavy atom. The van der Waals surface area contributed by atoms with Gasteiger partial charge in [-0.1, -0.05) is 0 Å². The third-order valence-electron chi connectivity index (χ3n) is 3.75. The fourth-order valence-corrected chi connectivity index (χ4v) is 2.70. The van der Waals surface area contributed by atoms with E-state index in [2.05, 4.69) is 12.2 Å². The van der Waals surface area contributed by atoms with E-state index in [-0.39, 0.29) is 0 Å². The molecule has 0 saturated carbocycles. The van der Waals surface area contributed by atoms with Crippen molar-refractivity contribution in [3.8, 4) is 0 Å². The average molecular weight is 227 g/mol. The largest absolute Gasteiger partial charge is 0.381 e. The molecule has 16 heavy (non-hydrogen) atoms. The summed E-state index contributed by atoms with van der Waals surface area (Å²) in [5.74, 6) is 0.862. The fourth-order valence-electron chi connectivity index (χ4n) is 2.70. The number of nitrogens with one attached hydrogen (secondary N) is 1. The number of ether oxygens (including phenoxy) is 2. The standard InChI is InChI=1S/C13H25NO2/c1-11(9-12-4-7-15-8-5-12)14-10-13-3-2-6-16-13/h11-14H,2-10H2,1H3. The third kappa shape index (κ3) is 4.04. The lowest BCUT2D eigenvalue weighted by atomic mass is 9.93. The van der Waals surface area contributed by atoms with Crippen molar-refractivity contribution in [3.63, 3.8) is 0 Å². The monoisotopic (exact) mass is 227 g/mol. The van der Waals surface area contributed by atoms with Gasteiger partial charge in [-0.15, -0.1) is 0 Å². The maximum atomic E-state index is 5.61. The Labute approximate surface area is 98.9 Å². The Morgan fingerprint density at radius 3 is 2.69 bits per heavy atom. The highest BCUT2D eigenvalue weighted by Gasteiger charge is 2.19. The SMILES string of the molecule is CC(CC1CCOCC1)NCC1CCCO1. The summed E-state index contributed by atoms with van der Waals surface area (Å²) in [4.78, 5) is 0. The van der Waals surface area contributed by atoms with Crippen molar-refractivity contribution < 1.29 is 9.47 Å². The van der Waals surface area contributed by atoms with Crippen LogP contribution in [0.2, 0.25) is 0 Å². The van der Waals surface area contributed by atoms with E-state index in [1.165, 1.54) is 32.1 Å². The van der Waals surface area contributed by atoms with Gasteiger partial charge in [0.1, 0.15) is 0 Å². The minimum absolute atomic E-state index is 0.470. The van der Waals surface area contributed by atoms with E-state index >= 15 is 0 Å². The van der Waals surface area contributed by atoms with Gasteiger partial charge in [-0.05, 0) is 44.9 Å². The lowest BCUT2D eigenvalue weighted by Crippen LogP contribution is -2.35. The van der Waals surface area contributed by atoms with Gasteiger partial charge in [0, 0.05) is 32.4 Å². The molecule has 3 heteroatoms. The van der Waals surface area contributed by atoms with Crippen LogP contribution >= 0.6 is 0 Å². The maximum absolute atomic E-state index is 5.61. The Kier molecular flexibility index (Phi) is 5.07. The second-order valence-corrected chi connectivity index (χ2v) is 5.24. The zero-order valence-corrected chi connectivity index (χ0v) is 10.4. The zero-order valence-electron chi connectivity index (χ0n) is 10.4. The zero-order chi connectivity index (χ0) is 11.2. The van der Waals surface area contributed by atoms with Gasteiger partial charge in [-0.3, -0.25) is 0 Å². The first kappa shape index (κ1) is 12.3. The summed E-state index contributed by atoms with van der Waals surface area (Å²) in [5.41, 5.74) is 0. The summed E-state index contributed by atoms with van der Waals surface area (Å²) in [6.07, 6.45) is 6.71. The molecule has 2 saturated heterocycles. The molecule has 2 aliphatic rings. The molecule has 0 radical (unpaired) electrons. The molecule has 0 amide bonds. The quantitative estimate of drug-likeness (QED) is 0.779. The summed E-state index contributed by atoms with van der Waals surface area (Å²) in [5, 5.41) is 3.61. The van der Waals surface area contributed by atoms with Crippen molar-refractivity contribution in [2.75, 3.05) is 26.4 Å². The molecule has 0 aromatic carbocycles. The van der Waals surface area contributed by atoms with Gasteiger partial charge >= 0.3 is 0 Å². The van der Waals surface area contributed by atoms with Crippen LogP contribution in [-0.2, 0) is 9.47 Å². The number of hydrogen-bond donors (Lipinski definition) is 1. The summed E-state index contributed by atoms with van der Waals surface area (Å²) in [6.45, 7) is 6.21. The second kappa shape index (κ2) is 6.58. The van der Waals surface area contributed by atoms with Gasteiger partial charge in [-0.25, -0.2) is 0 Å². The summed E-state index contributed by atoms with van der Waals surface area (Å²) < 4.78 is 11.0. The van der Waals surface area contributed by atoms with Crippen molar-refractivity contribution in [3.05, 3.63) is 0 Å². The van der Waals surface area contributed by atoms with Crippen LogP contribution in [0.1, 0.15) is 39.0 Å². The van der Waals surface area contributed by atoms with Crippen molar-refractivity contribution in [2.45, 2.75) is 51.2 Å². The predicted octanol–water partition coefficient (Wildman–Crippen LogP) is 1.96. The topological polar surface area (TPSA) is 30.5 Å².